The van der Waals surface area contributed by atoms with Crippen molar-refractivity contribution in [2.75, 3.05) is 18.0 Å². The normalized spacial score (nSPS) is 15.4. The van der Waals surface area contributed by atoms with Crippen LogP contribution in [0.3, 0.4) is 0 Å². The molecular formula is C18H17F2N5O2. The third-order valence-electron chi connectivity index (χ3n) is 4.65. The van der Waals surface area contributed by atoms with E-state index in [0.29, 0.717) is 5.56 Å². The summed E-state index contributed by atoms with van der Waals surface area (Å²) in [5.41, 5.74) is 0.113. The lowest BCUT2D eigenvalue weighted by Gasteiger charge is -2.33. The van der Waals surface area contributed by atoms with Gasteiger partial charge in [0.25, 0.3) is 11.4 Å². The first-order valence-electron chi connectivity index (χ1n) is 8.62. The number of aromatic nitrogens is 4. The third kappa shape index (κ3) is 3.57. The van der Waals surface area contributed by atoms with Crippen molar-refractivity contribution in [1.82, 2.24) is 19.7 Å². The molecule has 3 aromatic heterocycles. The standard InChI is InChI=1S/C18H17F2N5O2/c19-16(20)18-23-22-17(27-18)12-4-10-25(15(26)11-12)13-5-8-24(9-6-13)14-3-1-2-7-21-14/h1-4,7,10-11,13,16H,5-6,8-9H2. The second kappa shape index (κ2) is 7.26. The van der Waals surface area contributed by atoms with E-state index in [1.165, 1.54) is 6.07 Å². The Kier molecular flexibility index (Phi) is 4.66. The summed E-state index contributed by atoms with van der Waals surface area (Å²) in [6.45, 7) is 1.61. The van der Waals surface area contributed by atoms with Crippen molar-refractivity contribution in [3.8, 4) is 11.5 Å². The van der Waals surface area contributed by atoms with E-state index < -0.39 is 12.3 Å². The molecule has 0 spiro atoms. The molecule has 0 unspecified atom stereocenters. The summed E-state index contributed by atoms with van der Waals surface area (Å²) < 4.78 is 31.7. The zero-order valence-corrected chi connectivity index (χ0v) is 14.3. The molecule has 3 aromatic rings. The van der Waals surface area contributed by atoms with Gasteiger partial charge < -0.3 is 13.9 Å². The summed E-state index contributed by atoms with van der Waals surface area (Å²) in [6.07, 6.45) is 2.21. The lowest BCUT2D eigenvalue weighted by Crippen LogP contribution is -2.37. The van der Waals surface area contributed by atoms with Crippen molar-refractivity contribution >= 4 is 5.82 Å². The van der Waals surface area contributed by atoms with Crippen molar-refractivity contribution in [3.63, 3.8) is 0 Å². The molecule has 0 aliphatic carbocycles. The topological polar surface area (TPSA) is 77.0 Å². The number of piperidine rings is 1. The van der Waals surface area contributed by atoms with Gasteiger partial charge in [-0.2, -0.15) is 8.78 Å². The van der Waals surface area contributed by atoms with Crippen LogP contribution < -0.4 is 10.5 Å². The molecule has 0 amide bonds. The molecule has 0 N–H and O–H groups in total. The van der Waals surface area contributed by atoms with E-state index in [4.69, 9.17) is 4.42 Å². The number of pyridine rings is 2. The van der Waals surface area contributed by atoms with Crippen molar-refractivity contribution in [3.05, 3.63) is 59.0 Å². The van der Waals surface area contributed by atoms with Crippen LogP contribution in [0.15, 0.2) is 51.9 Å². The Bertz CT molecular complexity index is 965. The Morgan fingerprint density at radius 2 is 1.96 bits per heavy atom. The molecule has 0 atom stereocenters. The molecule has 0 aromatic carbocycles. The van der Waals surface area contributed by atoms with E-state index >= 15 is 0 Å². The van der Waals surface area contributed by atoms with E-state index in [9.17, 15) is 13.6 Å². The molecule has 7 nitrogen and oxygen atoms in total. The fourth-order valence-electron chi connectivity index (χ4n) is 3.28. The number of halogens is 2. The number of alkyl halides is 2. The molecule has 1 fully saturated rings. The Morgan fingerprint density at radius 3 is 2.59 bits per heavy atom. The summed E-state index contributed by atoms with van der Waals surface area (Å²) in [6, 6.07) is 8.85. The summed E-state index contributed by atoms with van der Waals surface area (Å²) in [5.74, 6) is 0.0977. The second-order valence-corrected chi connectivity index (χ2v) is 6.31. The van der Waals surface area contributed by atoms with Crippen LogP contribution in [0.25, 0.3) is 11.5 Å². The van der Waals surface area contributed by atoms with Crippen LogP contribution in [0.4, 0.5) is 14.6 Å². The molecule has 1 aliphatic rings. The van der Waals surface area contributed by atoms with Crippen molar-refractivity contribution in [2.45, 2.75) is 25.3 Å². The van der Waals surface area contributed by atoms with Gasteiger partial charge in [0.05, 0.1) is 0 Å². The molecule has 1 saturated heterocycles. The lowest BCUT2D eigenvalue weighted by molar-refractivity contribution is 0.116. The Morgan fingerprint density at radius 1 is 1.15 bits per heavy atom. The van der Waals surface area contributed by atoms with Gasteiger partial charge in [-0.1, -0.05) is 6.07 Å². The first-order valence-corrected chi connectivity index (χ1v) is 8.62. The zero-order chi connectivity index (χ0) is 18.8. The monoisotopic (exact) mass is 373 g/mol. The first kappa shape index (κ1) is 17.3. The number of hydrogen-bond acceptors (Lipinski definition) is 6. The van der Waals surface area contributed by atoms with E-state index in [1.54, 1.807) is 23.0 Å². The van der Waals surface area contributed by atoms with Crippen LogP contribution in [0.5, 0.6) is 0 Å². The van der Waals surface area contributed by atoms with Crippen LogP contribution in [-0.2, 0) is 0 Å². The largest absolute Gasteiger partial charge is 0.415 e. The van der Waals surface area contributed by atoms with Gasteiger partial charge in [-0.25, -0.2) is 4.98 Å². The highest BCUT2D eigenvalue weighted by molar-refractivity contribution is 5.51. The highest BCUT2D eigenvalue weighted by Gasteiger charge is 2.23. The molecule has 140 valence electrons. The molecule has 4 heterocycles. The number of nitrogens with zero attached hydrogens (tertiary/aromatic N) is 5. The van der Waals surface area contributed by atoms with Crippen LogP contribution in [-0.4, -0.2) is 32.8 Å². The van der Waals surface area contributed by atoms with Crippen LogP contribution >= 0.6 is 0 Å². The number of rotatable bonds is 4. The summed E-state index contributed by atoms with van der Waals surface area (Å²) >= 11 is 0. The van der Waals surface area contributed by atoms with Gasteiger partial charge in [0.1, 0.15) is 5.82 Å². The van der Waals surface area contributed by atoms with Crippen molar-refractivity contribution < 1.29 is 13.2 Å². The fourth-order valence-corrected chi connectivity index (χ4v) is 3.28. The third-order valence-corrected chi connectivity index (χ3v) is 4.65. The van der Waals surface area contributed by atoms with E-state index in [2.05, 4.69) is 20.1 Å². The Hall–Kier alpha value is -3.10. The van der Waals surface area contributed by atoms with Gasteiger partial charge in [-0.05, 0) is 31.0 Å². The fraction of sp³-hybridized carbons (Fsp3) is 0.333. The molecule has 0 saturated carbocycles. The molecule has 0 radical (unpaired) electrons. The van der Waals surface area contributed by atoms with Gasteiger partial charge in [-0.3, -0.25) is 4.79 Å². The molecule has 9 heteroatoms. The molecule has 27 heavy (non-hydrogen) atoms. The zero-order valence-electron chi connectivity index (χ0n) is 14.3. The SMILES string of the molecule is O=c1cc(-c2nnc(C(F)F)o2)ccn1C1CCN(c2ccccn2)CC1. The Balaban J connectivity index is 1.48. The minimum absolute atomic E-state index is 0.0748. The quantitative estimate of drug-likeness (QED) is 0.700. The van der Waals surface area contributed by atoms with Gasteiger partial charge in [0.2, 0.25) is 5.89 Å². The predicted octanol–water partition coefficient (Wildman–Crippen LogP) is 3.07. The lowest BCUT2D eigenvalue weighted by atomic mass is 10.0. The number of hydrogen-bond donors (Lipinski definition) is 0. The van der Waals surface area contributed by atoms with Gasteiger partial charge in [-0.15, -0.1) is 10.2 Å². The maximum Gasteiger partial charge on any atom is 0.314 e. The highest BCUT2D eigenvalue weighted by Crippen LogP contribution is 2.26. The highest BCUT2D eigenvalue weighted by atomic mass is 19.3. The van der Waals surface area contributed by atoms with Gasteiger partial charge in [0, 0.05) is 43.2 Å². The van der Waals surface area contributed by atoms with Crippen molar-refractivity contribution in [2.24, 2.45) is 0 Å². The second-order valence-electron chi connectivity index (χ2n) is 6.31. The molecule has 0 bridgehead atoms. The van der Waals surface area contributed by atoms with E-state index in [0.717, 1.165) is 31.7 Å². The Labute approximate surface area is 153 Å². The maximum atomic E-state index is 12.6. The van der Waals surface area contributed by atoms with E-state index in [1.807, 2.05) is 18.2 Å². The summed E-state index contributed by atoms with van der Waals surface area (Å²) in [7, 11) is 0. The average Bonchev–Trinajstić information content (AvgIpc) is 3.19. The van der Waals surface area contributed by atoms with Crippen LogP contribution in [0, 0.1) is 0 Å². The average molecular weight is 373 g/mol. The van der Waals surface area contributed by atoms with Crippen molar-refractivity contribution in [1.29, 1.82) is 0 Å². The number of anilines is 1. The van der Waals surface area contributed by atoms with E-state index in [-0.39, 0.29) is 17.5 Å². The molecule has 4 rings (SSSR count). The smallest absolute Gasteiger partial charge is 0.314 e. The minimum atomic E-state index is -2.84. The van der Waals surface area contributed by atoms with Crippen LogP contribution in [0.2, 0.25) is 0 Å². The molecule has 1 aliphatic heterocycles. The maximum absolute atomic E-state index is 12.6. The molecular weight excluding hydrogens is 356 g/mol. The summed E-state index contributed by atoms with van der Waals surface area (Å²) in [4.78, 5) is 19.1. The minimum Gasteiger partial charge on any atom is -0.415 e. The predicted molar refractivity (Wildman–Crippen MR) is 93.7 cm³/mol. The summed E-state index contributed by atoms with van der Waals surface area (Å²) in [5, 5.41) is 6.86. The van der Waals surface area contributed by atoms with Gasteiger partial charge >= 0.3 is 6.43 Å². The van der Waals surface area contributed by atoms with Gasteiger partial charge in [0.15, 0.2) is 0 Å². The first-order chi connectivity index (χ1) is 13.1. The van der Waals surface area contributed by atoms with Crippen LogP contribution in [0.1, 0.15) is 31.2 Å².